The predicted octanol–water partition coefficient (Wildman–Crippen LogP) is 4.28. The second kappa shape index (κ2) is 8.58. The number of benzene rings is 2. The Labute approximate surface area is 190 Å². The first-order valence-corrected chi connectivity index (χ1v) is 11.2. The number of hydrogen-bond donors (Lipinski definition) is 0. The number of fused-ring (bicyclic) bond motifs is 3. The topological polar surface area (TPSA) is 59.1 Å². The Kier molecular flexibility index (Phi) is 5.99. The van der Waals surface area contributed by atoms with Crippen molar-refractivity contribution in [2.75, 3.05) is 27.2 Å². The van der Waals surface area contributed by atoms with E-state index < -0.39 is 12.1 Å². The van der Waals surface area contributed by atoms with Crippen LogP contribution in [0.1, 0.15) is 44.2 Å². The summed E-state index contributed by atoms with van der Waals surface area (Å²) < 4.78 is 11.9. The van der Waals surface area contributed by atoms with Gasteiger partial charge in [-0.2, -0.15) is 0 Å². The minimum Gasteiger partial charge on any atom is -0.448 e. The molecule has 4 rings (SSSR count). The van der Waals surface area contributed by atoms with Gasteiger partial charge in [-0.3, -0.25) is 9.69 Å². The smallest absolute Gasteiger partial charge is 0.410 e. The molecule has 2 aliphatic rings. The summed E-state index contributed by atoms with van der Waals surface area (Å²) in [5.41, 5.74) is 4.35. The largest absolute Gasteiger partial charge is 0.448 e. The van der Waals surface area contributed by atoms with E-state index in [4.69, 9.17) is 9.47 Å². The molecule has 0 N–H and O–H groups in total. The molecular weight excluding hydrogens is 404 g/mol. The SMILES string of the molecule is CN(C)C(=O)[C@@H]1C[C@@H](OC(C)(C)C)CN1C(=O)OCC1c2ccccc2-c2ccccc21. The first kappa shape index (κ1) is 22.3. The highest BCUT2D eigenvalue weighted by Crippen LogP contribution is 2.44. The monoisotopic (exact) mass is 436 g/mol. The van der Waals surface area contributed by atoms with Gasteiger partial charge in [0.25, 0.3) is 0 Å². The normalized spacial score (nSPS) is 20.1. The van der Waals surface area contributed by atoms with Crippen LogP contribution in [-0.2, 0) is 14.3 Å². The summed E-state index contributed by atoms with van der Waals surface area (Å²) in [6.07, 6.45) is -0.199. The Balaban J connectivity index is 1.51. The van der Waals surface area contributed by atoms with E-state index in [9.17, 15) is 9.59 Å². The van der Waals surface area contributed by atoms with Gasteiger partial charge in [-0.25, -0.2) is 4.79 Å². The summed E-state index contributed by atoms with van der Waals surface area (Å²) in [6, 6.07) is 15.9. The fourth-order valence-electron chi connectivity index (χ4n) is 4.79. The van der Waals surface area contributed by atoms with E-state index in [1.165, 1.54) is 20.9 Å². The van der Waals surface area contributed by atoms with E-state index in [2.05, 4.69) is 24.3 Å². The molecule has 2 atom stereocenters. The molecule has 1 aliphatic heterocycles. The van der Waals surface area contributed by atoms with Gasteiger partial charge in [0.1, 0.15) is 12.6 Å². The molecule has 2 amide bonds. The molecule has 6 nitrogen and oxygen atoms in total. The number of amides is 2. The van der Waals surface area contributed by atoms with Crippen LogP contribution in [0.2, 0.25) is 0 Å². The maximum Gasteiger partial charge on any atom is 0.410 e. The van der Waals surface area contributed by atoms with Crippen LogP contribution in [0.4, 0.5) is 4.79 Å². The van der Waals surface area contributed by atoms with Crippen LogP contribution < -0.4 is 0 Å². The molecule has 32 heavy (non-hydrogen) atoms. The van der Waals surface area contributed by atoms with Crippen molar-refractivity contribution in [2.45, 2.75) is 50.9 Å². The quantitative estimate of drug-likeness (QED) is 0.718. The molecule has 0 radical (unpaired) electrons. The molecule has 6 heteroatoms. The van der Waals surface area contributed by atoms with Crippen molar-refractivity contribution in [3.8, 4) is 11.1 Å². The number of hydrogen-bond acceptors (Lipinski definition) is 4. The molecule has 0 bridgehead atoms. The zero-order valence-electron chi connectivity index (χ0n) is 19.5. The number of carbonyl (C=O) groups is 2. The molecule has 1 aliphatic carbocycles. The number of likely N-dealkylation sites (N-methyl/N-ethyl adjacent to an activating group) is 1. The molecule has 1 fully saturated rings. The van der Waals surface area contributed by atoms with Crippen LogP contribution in [-0.4, -0.2) is 66.8 Å². The van der Waals surface area contributed by atoms with Gasteiger partial charge in [-0.05, 0) is 43.0 Å². The number of rotatable bonds is 4. The minimum atomic E-state index is -0.576. The van der Waals surface area contributed by atoms with E-state index in [0.29, 0.717) is 13.0 Å². The van der Waals surface area contributed by atoms with Gasteiger partial charge in [0, 0.05) is 26.4 Å². The zero-order valence-corrected chi connectivity index (χ0v) is 19.5. The summed E-state index contributed by atoms with van der Waals surface area (Å²) in [7, 11) is 3.41. The Hall–Kier alpha value is -2.86. The van der Waals surface area contributed by atoms with Gasteiger partial charge >= 0.3 is 6.09 Å². The van der Waals surface area contributed by atoms with Crippen LogP contribution in [0, 0.1) is 0 Å². The van der Waals surface area contributed by atoms with Crippen molar-refractivity contribution in [1.29, 1.82) is 0 Å². The lowest BCUT2D eigenvalue weighted by Gasteiger charge is -2.26. The van der Waals surface area contributed by atoms with Crippen LogP contribution in [0.3, 0.4) is 0 Å². The lowest BCUT2D eigenvalue weighted by atomic mass is 9.98. The van der Waals surface area contributed by atoms with Crippen molar-refractivity contribution in [1.82, 2.24) is 9.80 Å². The Morgan fingerprint density at radius 2 is 1.56 bits per heavy atom. The zero-order chi connectivity index (χ0) is 23.0. The van der Waals surface area contributed by atoms with E-state index in [1.54, 1.807) is 14.1 Å². The summed E-state index contributed by atoms with van der Waals surface area (Å²) in [6.45, 7) is 6.51. The molecular formula is C26H32N2O4. The standard InChI is InChI=1S/C26H32N2O4/c1-26(2,3)32-17-14-23(24(29)27(4)5)28(15-17)25(30)31-16-22-20-12-8-6-10-18(20)19-11-7-9-13-21(19)22/h6-13,17,22-23H,14-16H2,1-5H3/t17-,23+/m1/s1. The second-order valence-electron chi connectivity index (χ2n) is 9.79. The van der Waals surface area contributed by atoms with E-state index in [-0.39, 0.29) is 30.1 Å². The van der Waals surface area contributed by atoms with Crippen LogP contribution in [0.25, 0.3) is 11.1 Å². The average molecular weight is 437 g/mol. The summed E-state index contributed by atoms with van der Waals surface area (Å²) in [5.74, 6) is -0.128. The maximum absolute atomic E-state index is 13.2. The number of ether oxygens (including phenoxy) is 2. The summed E-state index contributed by atoms with van der Waals surface area (Å²) >= 11 is 0. The van der Waals surface area contributed by atoms with E-state index in [0.717, 1.165) is 11.1 Å². The Morgan fingerprint density at radius 3 is 2.09 bits per heavy atom. The fraction of sp³-hybridized carbons (Fsp3) is 0.462. The molecule has 2 aromatic rings. The van der Waals surface area contributed by atoms with Gasteiger partial charge in [-0.1, -0.05) is 48.5 Å². The second-order valence-corrected chi connectivity index (χ2v) is 9.79. The van der Waals surface area contributed by atoms with Crippen molar-refractivity contribution in [3.05, 3.63) is 59.7 Å². The van der Waals surface area contributed by atoms with Gasteiger partial charge in [-0.15, -0.1) is 0 Å². The molecule has 0 unspecified atom stereocenters. The lowest BCUT2D eigenvalue weighted by molar-refractivity contribution is -0.133. The molecule has 0 spiro atoms. The van der Waals surface area contributed by atoms with Crippen LogP contribution in [0.15, 0.2) is 48.5 Å². The van der Waals surface area contributed by atoms with Gasteiger partial charge in [0.15, 0.2) is 0 Å². The Bertz CT molecular complexity index is 965. The van der Waals surface area contributed by atoms with Crippen molar-refractivity contribution in [2.24, 2.45) is 0 Å². The first-order chi connectivity index (χ1) is 15.2. The van der Waals surface area contributed by atoms with Gasteiger partial charge in [0.2, 0.25) is 5.91 Å². The number of nitrogens with zero attached hydrogens (tertiary/aromatic N) is 2. The summed E-state index contributed by atoms with van der Waals surface area (Å²) in [4.78, 5) is 29.0. The van der Waals surface area contributed by atoms with E-state index >= 15 is 0 Å². The van der Waals surface area contributed by atoms with Crippen molar-refractivity contribution >= 4 is 12.0 Å². The van der Waals surface area contributed by atoms with Crippen LogP contribution >= 0.6 is 0 Å². The van der Waals surface area contributed by atoms with Gasteiger partial charge < -0.3 is 14.4 Å². The highest BCUT2D eigenvalue weighted by molar-refractivity contribution is 5.86. The fourth-order valence-corrected chi connectivity index (χ4v) is 4.79. The third kappa shape index (κ3) is 4.37. The average Bonchev–Trinajstić information content (AvgIpc) is 3.29. The molecule has 0 saturated carbocycles. The third-order valence-electron chi connectivity index (χ3n) is 6.08. The molecule has 2 aromatic carbocycles. The number of likely N-dealkylation sites (tertiary alicyclic amines) is 1. The molecule has 1 heterocycles. The maximum atomic E-state index is 13.2. The highest BCUT2D eigenvalue weighted by atomic mass is 16.6. The van der Waals surface area contributed by atoms with Gasteiger partial charge in [0.05, 0.1) is 18.2 Å². The van der Waals surface area contributed by atoms with Crippen molar-refractivity contribution in [3.63, 3.8) is 0 Å². The number of carbonyl (C=O) groups excluding carboxylic acids is 2. The first-order valence-electron chi connectivity index (χ1n) is 11.2. The van der Waals surface area contributed by atoms with Crippen molar-refractivity contribution < 1.29 is 19.1 Å². The lowest BCUT2D eigenvalue weighted by Crippen LogP contribution is -2.45. The molecule has 0 aromatic heterocycles. The van der Waals surface area contributed by atoms with E-state index in [1.807, 2.05) is 45.0 Å². The Morgan fingerprint density at radius 1 is 1.00 bits per heavy atom. The highest BCUT2D eigenvalue weighted by Gasteiger charge is 2.43. The predicted molar refractivity (Wildman–Crippen MR) is 124 cm³/mol. The molecule has 1 saturated heterocycles. The molecule has 170 valence electrons. The minimum absolute atomic E-state index is 0.0152. The van der Waals surface area contributed by atoms with Crippen LogP contribution in [0.5, 0.6) is 0 Å². The summed E-state index contributed by atoms with van der Waals surface area (Å²) in [5, 5.41) is 0. The third-order valence-corrected chi connectivity index (χ3v) is 6.08.